The molecule has 5 nitrogen and oxygen atoms in total. The monoisotopic (exact) mass is 386 g/mol. The molecule has 2 heterocycles. The van der Waals surface area contributed by atoms with Crippen LogP contribution in [0.25, 0.3) is 0 Å². The summed E-state index contributed by atoms with van der Waals surface area (Å²) in [4.78, 5) is 23.1. The summed E-state index contributed by atoms with van der Waals surface area (Å²) in [5.74, 6) is 0.693. The smallest absolute Gasteiger partial charge is 0.230 e. The Hall–Kier alpha value is -2.12. The average molecular weight is 387 g/mol. The van der Waals surface area contributed by atoms with Gasteiger partial charge >= 0.3 is 0 Å². The number of imidazole rings is 1. The molecule has 0 atom stereocenters. The van der Waals surface area contributed by atoms with Gasteiger partial charge in [-0.05, 0) is 32.4 Å². The van der Waals surface area contributed by atoms with Gasteiger partial charge in [-0.2, -0.15) is 0 Å². The van der Waals surface area contributed by atoms with Crippen LogP contribution < -0.4 is 4.90 Å². The van der Waals surface area contributed by atoms with Crippen molar-refractivity contribution in [1.82, 2.24) is 14.5 Å². The molecule has 2 aromatic heterocycles. The van der Waals surface area contributed by atoms with Gasteiger partial charge in [-0.25, -0.2) is 9.97 Å². The Morgan fingerprint density at radius 1 is 1.35 bits per heavy atom. The third-order valence-corrected chi connectivity index (χ3v) is 5.92. The molecule has 26 heavy (non-hydrogen) atoms. The molecule has 0 fully saturated rings. The largest absolute Gasteiger partial charge is 0.326 e. The Bertz CT molecular complexity index is 916. The number of aryl methyl sites for hydroxylation is 3. The summed E-state index contributed by atoms with van der Waals surface area (Å²) in [6.45, 7) is 8.64. The van der Waals surface area contributed by atoms with Gasteiger partial charge in [-0.1, -0.05) is 29.5 Å². The van der Waals surface area contributed by atoms with E-state index in [4.69, 9.17) is 4.98 Å². The maximum absolute atomic E-state index is 12.3. The lowest BCUT2D eigenvalue weighted by molar-refractivity contribution is -0.115. The van der Waals surface area contributed by atoms with Gasteiger partial charge in [0.1, 0.15) is 0 Å². The molecule has 0 aliphatic carbocycles. The second-order valence-corrected chi connectivity index (χ2v) is 7.83. The SMILES string of the molecule is CCn1ccnc1SCc1csc(N(C(C)=O)c2ccc(C)cc2C)n1. The lowest BCUT2D eigenvalue weighted by Gasteiger charge is -2.20. The maximum Gasteiger partial charge on any atom is 0.230 e. The number of carbonyl (C=O) groups excluding carboxylic acids is 1. The molecule has 0 aliphatic heterocycles. The minimum absolute atomic E-state index is 0.0352. The van der Waals surface area contributed by atoms with Crippen molar-refractivity contribution in [3.8, 4) is 0 Å². The zero-order valence-electron chi connectivity index (χ0n) is 15.4. The second kappa shape index (κ2) is 8.05. The van der Waals surface area contributed by atoms with E-state index in [1.807, 2.05) is 43.8 Å². The summed E-state index contributed by atoms with van der Waals surface area (Å²) >= 11 is 3.15. The predicted molar refractivity (Wildman–Crippen MR) is 108 cm³/mol. The van der Waals surface area contributed by atoms with Crippen LogP contribution >= 0.6 is 23.1 Å². The Labute approximate surface area is 162 Å². The normalized spacial score (nSPS) is 10.9. The van der Waals surface area contributed by atoms with Gasteiger partial charge in [-0.3, -0.25) is 9.69 Å². The van der Waals surface area contributed by atoms with Gasteiger partial charge in [0, 0.05) is 37.0 Å². The summed E-state index contributed by atoms with van der Waals surface area (Å²) in [6, 6.07) is 6.09. The first kappa shape index (κ1) is 18.7. The molecule has 3 aromatic rings. The molecule has 0 aliphatic rings. The van der Waals surface area contributed by atoms with Gasteiger partial charge < -0.3 is 4.57 Å². The van der Waals surface area contributed by atoms with Crippen molar-refractivity contribution in [3.63, 3.8) is 0 Å². The Morgan fingerprint density at radius 3 is 2.85 bits per heavy atom. The average Bonchev–Trinajstić information content (AvgIpc) is 3.24. The van der Waals surface area contributed by atoms with Crippen LogP contribution in [-0.4, -0.2) is 20.4 Å². The molecular weight excluding hydrogens is 364 g/mol. The van der Waals surface area contributed by atoms with E-state index in [1.54, 1.807) is 23.6 Å². The Balaban J connectivity index is 1.81. The molecule has 1 amide bonds. The molecule has 136 valence electrons. The van der Waals surface area contributed by atoms with Gasteiger partial charge in [0.25, 0.3) is 0 Å². The van der Waals surface area contributed by atoms with Gasteiger partial charge in [0.2, 0.25) is 5.91 Å². The number of carbonyl (C=O) groups is 1. The highest BCUT2D eigenvalue weighted by molar-refractivity contribution is 7.98. The standard InChI is InChI=1S/C19H22N4OS2/c1-5-22-9-8-20-18(22)25-11-16-12-26-19(21-16)23(15(4)24)17-7-6-13(2)10-14(17)3/h6-10,12H,5,11H2,1-4H3. The van der Waals surface area contributed by atoms with Crippen LogP contribution in [0, 0.1) is 13.8 Å². The highest BCUT2D eigenvalue weighted by atomic mass is 32.2. The number of thioether (sulfide) groups is 1. The molecule has 0 radical (unpaired) electrons. The van der Waals surface area contributed by atoms with Crippen molar-refractivity contribution in [3.05, 3.63) is 52.8 Å². The van der Waals surface area contributed by atoms with Crippen molar-refractivity contribution >= 4 is 39.8 Å². The number of hydrogen-bond acceptors (Lipinski definition) is 5. The summed E-state index contributed by atoms with van der Waals surface area (Å²) < 4.78 is 2.11. The maximum atomic E-state index is 12.3. The topological polar surface area (TPSA) is 51.0 Å². The summed E-state index contributed by atoms with van der Waals surface area (Å²) in [7, 11) is 0. The minimum atomic E-state index is -0.0352. The van der Waals surface area contributed by atoms with Gasteiger partial charge in [0.15, 0.2) is 10.3 Å². The Kier molecular flexibility index (Phi) is 5.78. The zero-order chi connectivity index (χ0) is 18.7. The van der Waals surface area contributed by atoms with Crippen LogP contribution in [0.4, 0.5) is 10.8 Å². The molecule has 7 heteroatoms. The van der Waals surface area contributed by atoms with Crippen LogP contribution in [-0.2, 0) is 17.1 Å². The molecule has 0 N–H and O–H groups in total. The third-order valence-electron chi connectivity index (χ3n) is 4.01. The van der Waals surface area contributed by atoms with Crippen LogP contribution in [0.3, 0.4) is 0 Å². The van der Waals surface area contributed by atoms with E-state index in [-0.39, 0.29) is 5.91 Å². The molecule has 0 spiro atoms. The molecule has 3 rings (SSSR count). The highest BCUT2D eigenvalue weighted by Crippen LogP contribution is 2.33. The van der Waals surface area contributed by atoms with Crippen LogP contribution in [0.15, 0.2) is 41.1 Å². The van der Waals surface area contributed by atoms with Crippen LogP contribution in [0.1, 0.15) is 30.7 Å². The van der Waals surface area contributed by atoms with E-state index >= 15 is 0 Å². The van der Waals surface area contributed by atoms with Gasteiger partial charge in [0.05, 0.1) is 11.4 Å². The van der Waals surface area contributed by atoms with Crippen molar-refractivity contribution in [2.45, 2.75) is 45.1 Å². The van der Waals surface area contributed by atoms with E-state index in [0.717, 1.165) is 34.4 Å². The highest BCUT2D eigenvalue weighted by Gasteiger charge is 2.20. The van der Waals surface area contributed by atoms with Crippen molar-refractivity contribution in [2.75, 3.05) is 4.90 Å². The first-order chi connectivity index (χ1) is 12.5. The first-order valence-electron chi connectivity index (χ1n) is 8.46. The van der Waals surface area contributed by atoms with Crippen molar-refractivity contribution < 1.29 is 4.79 Å². The Morgan fingerprint density at radius 2 is 2.15 bits per heavy atom. The summed E-state index contributed by atoms with van der Waals surface area (Å²) in [6.07, 6.45) is 3.79. The third kappa shape index (κ3) is 3.99. The summed E-state index contributed by atoms with van der Waals surface area (Å²) in [5.41, 5.74) is 4.09. The molecular formula is C19H22N4OS2. The number of benzene rings is 1. The van der Waals surface area contributed by atoms with Crippen molar-refractivity contribution in [1.29, 1.82) is 0 Å². The van der Waals surface area contributed by atoms with E-state index in [1.165, 1.54) is 16.9 Å². The number of thiazole rings is 1. The number of aromatic nitrogens is 3. The predicted octanol–water partition coefficient (Wildman–Crippen LogP) is 4.95. The lowest BCUT2D eigenvalue weighted by atomic mass is 10.1. The first-order valence-corrected chi connectivity index (χ1v) is 10.3. The number of rotatable bonds is 6. The van der Waals surface area contributed by atoms with Crippen LogP contribution in [0.2, 0.25) is 0 Å². The van der Waals surface area contributed by atoms with Crippen LogP contribution in [0.5, 0.6) is 0 Å². The quantitative estimate of drug-likeness (QED) is 0.562. The molecule has 0 unspecified atom stereocenters. The van der Waals surface area contributed by atoms with Gasteiger partial charge in [-0.15, -0.1) is 11.3 Å². The fourth-order valence-corrected chi connectivity index (χ4v) is 4.65. The number of amides is 1. The number of nitrogens with zero attached hydrogens (tertiary/aromatic N) is 4. The fraction of sp³-hybridized carbons (Fsp3) is 0.316. The molecule has 1 aromatic carbocycles. The van der Waals surface area contributed by atoms with E-state index in [2.05, 4.69) is 22.5 Å². The zero-order valence-corrected chi connectivity index (χ0v) is 17.0. The van der Waals surface area contributed by atoms with E-state index in [9.17, 15) is 4.79 Å². The lowest BCUT2D eigenvalue weighted by Crippen LogP contribution is -2.23. The molecule has 0 bridgehead atoms. The second-order valence-electron chi connectivity index (χ2n) is 6.05. The van der Waals surface area contributed by atoms with E-state index < -0.39 is 0 Å². The number of hydrogen-bond donors (Lipinski definition) is 0. The summed E-state index contributed by atoms with van der Waals surface area (Å²) in [5, 5.41) is 3.71. The van der Waals surface area contributed by atoms with Crippen molar-refractivity contribution in [2.24, 2.45) is 0 Å². The van der Waals surface area contributed by atoms with E-state index in [0.29, 0.717) is 5.13 Å². The molecule has 0 saturated heterocycles. The molecule has 0 saturated carbocycles. The number of anilines is 2. The minimum Gasteiger partial charge on any atom is -0.326 e. The fourth-order valence-electron chi connectivity index (χ4n) is 2.74.